The van der Waals surface area contributed by atoms with Gasteiger partial charge in [0.05, 0.1) is 17.9 Å². The van der Waals surface area contributed by atoms with E-state index in [4.69, 9.17) is 5.11 Å². The molecule has 2 rings (SSSR count). The van der Waals surface area contributed by atoms with Crippen LogP contribution >= 0.6 is 0 Å². The Balaban J connectivity index is 2.00. The standard InChI is InChI=1S/C11H15N3O2/c1-8-4-10(6-12-5-8)14-3-2-9(7-14)13-11(15)16/h4-6,9,13H,2-3,7H2,1H3,(H,15,16)/t9-/m0/s1. The Morgan fingerprint density at radius 2 is 2.44 bits per heavy atom. The number of hydrogen-bond acceptors (Lipinski definition) is 3. The molecule has 1 aliphatic rings. The SMILES string of the molecule is Cc1cncc(N2CC[C@H](NC(=O)O)C2)c1. The van der Waals surface area contributed by atoms with Crippen molar-refractivity contribution >= 4 is 11.8 Å². The molecule has 1 saturated heterocycles. The van der Waals surface area contributed by atoms with Gasteiger partial charge in [0.1, 0.15) is 0 Å². The molecule has 1 amide bonds. The summed E-state index contributed by atoms with van der Waals surface area (Å²) >= 11 is 0. The van der Waals surface area contributed by atoms with Gasteiger partial charge in [-0.05, 0) is 25.0 Å². The first-order chi connectivity index (χ1) is 7.65. The van der Waals surface area contributed by atoms with E-state index in [0.29, 0.717) is 0 Å². The third kappa shape index (κ3) is 2.42. The van der Waals surface area contributed by atoms with Gasteiger partial charge in [0, 0.05) is 19.3 Å². The van der Waals surface area contributed by atoms with Gasteiger partial charge in [-0.3, -0.25) is 4.98 Å². The first-order valence-electron chi connectivity index (χ1n) is 5.31. The monoisotopic (exact) mass is 221 g/mol. The Morgan fingerprint density at radius 1 is 1.62 bits per heavy atom. The van der Waals surface area contributed by atoms with E-state index in [-0.39, 0.29) is 6.04 Å². The van der Waals surface area contributed by atoms with Crippen molar-refractivity contribution in [2.45, 2.75) is 19.4 Å². The van der Waals surface area contributed by atoms with Crippen LogP contribution in [0.3, 0.4) is 0 Å². The zero-order valence-corrected chi connectivity index (χ0v) is 9.18. The van der Waals surface area contributed by atoms with Crippen molar-refractivity contribution in [2.24, 2.45) is 0 Å². The number of pyridine rings is 1. The van der Waals surface area contributed by atoms with Crippen molar-refractivity contribution in [3.8, 4) is 0 Å². The molecule has 5 nitrogen and oxygen atoms in total. The van der Waals surface area contributed by atoms with Gasteiger partial charge in [-0.2, -0.15) is 0 Å². The Morgan fingerprint density at radius 3 is 3.12 bits per heavy atom. The van der Waals surface area contributed by atoms with E-state index in [9.17, 15) is 4.79 Å². The Hall–Kier alpha value is -1.78. The van der Waals surface area contributed by atoms with Crippen LogP contribution in [0.15, 0.2) is 18.5 Å². The molecule has 0 spiro atoms. The number of carbonyl (C=O) groups is 1. The number of amides is 1. The van der Waals surface area contributed by atoms with E-state index in [2.05, 4.69) is 21.3 Å². The molecule has 0 aliphatic carbocycles. The minimum Gasteiger partial charge on any atom is -0.465 e. The fourth-order valence-corrected chi connectivity index (χ4v) is 2.00. The lowest BCUT2D eigenvalue weighted by Crippen LogP contribution is -2.36. The summed E-state index contributed by atoms with van der Waals surface area (Å²) in [7, 11) is 0. The van der Waals surface area contributed by atoms with Gasteiger partial charge in [-0.1, -0.05) is 0 Å². The summed E-state index contributed by atoms with van der Waals surface area (Å²) in [4.78, 5) is 16.8. The highest BCUT2D eigenvalue weighted by molar-refractivity contribution is 5.65. The molecular weight excluding hydrogens is 206 g/mol. The second-order valence-electron chi connectivity index (χ2n) is 4.10. The first kappa shape index (κ1) is 10.7. The minimum atomic E-state index is -0.950. The molecule has 0 unspecified atom stereocenters. The van der Waals surface area contributed by atoms with Gasteiger partial charge >= 0.3 is 6.09 Å². The number of hydrogen-bond donors (Lipinski definition) is 2. The van der Waals surface area contributed by atoms with Crippen molar-refractivity contribution in [3.63, 3.8) is 0 Å². The quantitative estimate of drug-likeness (QED) is 0.788. The number of aryl methyl sites for hydroxylation is 1. The van der Waals surface area contributed by atoms with Crippen LogP contribution in [-0.2, 0) is 0 Å². The molecule has 1 fully saturated rings. The highest BCUT2D eigenvalue weighted by atomic mass is 16.4. The molecular formula is C11H15N3O2. The maximum atomic E-state index is 10.5. The van der Waals surface area contributed by atoms with Gasteiger partial charge in [-0.25, -0.2) is 4.79 Å². The number of rotatable bonds is 2. The normalized spacial score (nSPS) is 19.8. The van der Waals surface area contributed by atoms with Crippen LogP contribution in [0.1, 0.15) is 12.0 Å². The fraction of sp³-hybridized carbons (Fsp3) is 0.455. The zero-order valence-electron chi connectivity index (χ0n) is 9.18. The molecule has 86 valence electrons. The highest BCUT2D eigenvalue weighted by Crippen LogP contribution is 2.20. The molecule has 1 aliphatic heterocycles. The van der Waals surface area contributed by atoms with E-state index < -0.39 is 6.09 Å². The number of nitrogens with zero attached hydrogens (tertiary/aromatic N) is 2. The highest BCUT2D eigenvalue weighted by Gasteiger charge is 2.23. The van der Waals surface area contributed by atoms with Gasteiger partial charge in [-0.15, -0.1) is 0 Å². The van der Waals surface area contributed by atoms with Gasteiger partial charge in [0.15, 0.2) is 0 Å². The van der Waals surface area contributed by atoms with Crippen LogP contribution < -0.4 is 10.2 Å². The summed E-state index contributed by atoms with van der Waals surface area (Å²) < 4.78 is 0. The Kier molecular flexibility index (Phi) is 2.94. The molecule has 5 heteroatoms. The predicted molar refractivity (Wildman–Crippen MR) is 60.8 cm³/mol. The topological polar surface area (TPSA) is 65.5 Å². The van der Waals surface area contributed by atoms with Crippen molar-refractivity contribution in [3.05, 3.63) is 24.0 Å². The van der Waals surface area contributed by atoms with Crippen LogP contribution in [0.4, 0.5) is 10.5 Å². The number of aromatic nitrogens is 1. The van der Waals surface area contributed by atoms with Gasteiger partial charge in [0.2, 0.25) is 0 Å². The second kappa shape index (κ2) is 4.38. The molecule has 2 N–H and O–H groups in total. The van der Waals surface area contributed by atoms with Crippen molar-refractivity contribution in [1.29, 1.82) is 0 Å². The van der Waals surface area contributed by atoms with Crippen LogP contribution in [0, 0.1) is 6.92 Å². The van der Waals surface area contributed by atoms with E-state index in [1.165, 1.54) is 0 Å². The summed E-state index contributed by atoms with van der Waals surface area (Å²) in [6.07, 6.45) is 3.53. The smallest absolute Gasteiger partial charge is 0.404 e. The van der Waals surface area contributed by atoms with Gasteiger partial charge < -0.3 is 15.3 Å². The maximum absolute atomic E-state index is 10.5. The summed E-state index contributed by atoms with van der Waals surface area (Å²) in [5, 5.41) is 11.1. The lowest BCUT2D eigenvalue weighted by molar-refractivity contribution is 0.191. The summed E-state index contributed by atoms with van der Waals surface area (Å²) in [6.45, 7) is 3.59. The summed E-state index contributed by atoms with van der Waals surface area (Å²) in [6, 6.07) is 2.09. The molecule has 0 radical (unpaired) electrons. The van der Waals surface area contributed by atoms with E-state index in [1.54, 1.807) is 0 Å². The average molecular weight is 221 g/mol. The number of nitrogens with one attached hydrogen (secondary N) is 1. The minimum absolute atomic E-state index is 0.0259. The zero-order chi connectivity index (χ0) is 11.5. The molecule has 0 aromatic carbocycles. The van der Waals surface area contributed by atoms with E-state index >= 15 is 0 Å². The molecule has 16 heavy (non-hydrogen) atoms. The van der Waals surface area contributed by atoms with Crippen LogP contribution in [0.5, 0.6) is 0 Å². The van der Waals surface area contributed by atoms with Crippen LogP contribution in [0.2, 0.25) is 0 Å². The predicted octanol–water partition coefficient (Wildman–Crippen LogP) is 1.24. The lowest BCUT2D eigenvalue weighted by atomic mass is 10.3. The lowest BCUT2D eigenvalue weighted by Gasteiger charge is -2.18. The van der Waals surface area contributed by atoms with Crippen molar-refractivity contribution in [2.75, 3.05) is 18.0 Å². The first-order valence-corrected chi connectivity index (χ1v) is 5.31. The molecule has 1 atom stereocenters. The molecule has 0 saturated carbocycles. The largest absolute Gasteiger partial charge is 0.465 e. The van der Waals surface area contributed by atoms with Gasteiger partial charge in [0.25, 0.3) is 0 Å². The average Bonchev–Trinajstić information content (AvgIpc) is 2.65. The molecule has 1 aromatic heterocycles. The van der Waals surface area contributed by atoms with Crippen LogP contribution in [-0.4, -0.2) is 35.3 Å². The summed E-state index contributed by atoms with van der Waals surface area (Å²) in [5.41, 5.74) is 2.18. The number of carboxylic acid groups (broad SMARTS) is 1. The Bertz CT molecular complexity index is 395. The van der Waals surface area contributed by atoms with Crippen LogP contribution in [0.25, 0.3) is 0 Å². The van der Waals surface area contributed by atoms with E-state index in [0.717, 1.165) is 30.8 Å². The fourth-order valence-electron chi connectivity index (χ4n) is 2.00. The van der Waals surface area contributed by atoms with Crippen molar-refractivity contribution < 1.29 is 9.90 Å². The maximum Gasteiger partial charge on any atom is 0.404 e. The third-order valence-electron chi connectivity index (χ3n) is 2.74. The molecule has 1 aromatic rings. The molecule has 2 heterocycles. The summed E-state index contributed by atoms with van der Waals surface area (Å²) in [5.74, 6) is 0. The Labute approximate surface area is 94.1 Å². The number of anilines is 1. The third-order valence-corrected chi connectivity index (χ3v) is 2.74. The van der Waals surface area contributed by atoms with E-state index in [1.807, 2.05) is 19.3 Å². The molecule has 0 bridgehead atoms. The second-order valence-corrected chi connectivity index (χ2v) is 4.10. The van der Waals surface area contributed by atoms with Crippen molar-refractivity contribution in [1.82, 2.24) is 10.3 Å².